The summed E-state index contributed by atoms with van der Waals surface area (Å²) in [5.74, 6) is 0.446. The minimum absolute atomic E-state index is 0.00825. The van der Waals surface area contributed by atoms with E-state index in [1.54, 1.807) is 0 Å². The van der Waals surface area contributed by atoms with Crippen molar-refractivity contribution in [2.45, 2.75) is 57.5 Å². The quantitative estimate of drug-likeness (QED) is 0.871. The Morgan fingerprint density at radius 3 is 2.26 bits per heavy atom. The van der Waals surface area contributed by atoms with Crippen molar-refractivity contribution in [3.8, 4) is 0 Å². The van der Waals surface area contributed by atoms with Gasteiger partial charge in [0.05, 0.1) is 6.10 Å². The molecule has 1 aliphatic carbocycles. The first-order valence-electron chi connectivity index (χ1n) is 7.53. The van der Waals surface area contributed by atoms with Crippen LogP contribution in [0.5, 0.6) is 0 Å². The molecule has 1 fully saturated rings. The van der Waals surface area contributed by atoms with Gasteiger partial charge in [-0.15, -0.1) is 0 Å². The van der Waals surface area contributed by atoms with E-state index in [0.29, 0.717) is 12.5 Å². The van der Waals surface area contributed by atoms with E-state index in [0.717, 1.165) is 18.4 Å². The highest BCUT2D eigenvalue weighted by Gasteiger charge is 2.24. The van der Waals surface area contributed by atoms with Gasteiger partial charge in [-0.2, -0.15) is 0 Å². The lowest BCUT2D eigenvalue weighted by atomic mass is 9.81. The van der Waals surface area contributed by atoms with Crippen LogP contribution >= 0.6 is 0 Å². The minimum Gasteiger partial charge on any atom is -0.388 e. The second kappa shape index (κ2) is 6.06. The van der Waals surface area contributed by atoms with Crippen molar-refractivity contribution in [1.29, 1.82) is 0 Å². The molecule has 1 unspecified atom stereocenters. The lowest BCUT2D eigenvalue weighted by Crippen LogP contribution is -2.28. The van der Waals surface area contributed by atoms with Gasteiger partial charge in [-0.1, -0.05) is 57.4 Å². The third kappa shape index (κ3) is 3.37. The van der Waals surface area contributed by atoms with Crippen LogP contribution in [0.15, 0.2) is 24.3 Å². The molecular formula is C17H27NO. The predicted molar refractivity (Wildman–Crippen MR) is 80.1 cm³/mol. The Kier molecular flexibility index (Phi) is 4.64. The lowest BCUT2D eigenvalue weighted by molar-refractivity contribution is 0.0848. The second-order valence-corrected chi connectivity index (χ2v) is 6.55. The zero-order chi connectivity index (χ0) is 13.9. The maximum atomic E-state index is 10.5. The largest absolute Gasteiger partial charge is 0.388 e. The maximum absolute atomic E-state index is 10.5. The Bertz CT molecular complexity index is 390. The van der Waals surface area contributed by atoms with E-state index < -0.39 is 0 Å². The zero-order valence-electron chi connectivity index (χ0n) is 12.2. The molecule has 2 heteroatoms. The van der Waals surface area contributed by atoms with Crippen molar-refractivity contribution < 1.29 is 5.11 Å². The van der Waals surface area contributed by atoms with Crippen LogP contribution in [0.3, 0.4) is 0 Å². The summed E-state index contributed by atoms with van der Waals surface area (Å²) in [6.45, 7) is 4.94. The molecule has 1 aliphatic rings. The summed E-state index contributed by atoms with van der Waals surface area (Å²) in [5.41, 5.74) is 8.12. The molecule has 1 aromatic carbocycles. The molecule has 1 atom stereocenters. The molecule has 2 rings (SSSR count). The Balaban J connectivity index is 2.09. The first kappa shape index (κ1) is 14.5. The molecule has 1 saturated carbocycles. The number of rotatable bonds is 4. The molecule has 0 spiro atoms. The topological polar surface area (TPSA) is 46.2 Å². The van der Waals surface area contributed by atoms with Crippen LogP contribution in [0.25, 0.3) is 0 Å². The van der Waals surface area contributed by atoms with Gasteiger partial charge in [0.25, 0.3) is 0 Å². The molecule has 0 radical (unpaired) electrons. The fourth-order valence-corrected chi connectivity index (χ4v) is 2.97. The van der Waals surface area contributed by atoms with Crippen molar-refractivity contribution in [2.75, 3.05) is 6.54 Å². The third-order valence-electron chi connectivity index (χ3n) is 4.64. The number of nitrogens with two attached hydrogens (primary N) is 1. The molecular weight excluding hydrogens is 234 g/mol. The van der Waals surface area contributed by atoms with Crippen LogP contribution in [0.4, 0.5) is 0 Å². The van der Waals surface area contributed by atoms with Crippen LogP contribution in [0.1, 0.15) is 63.2 Å². The van der Waals surface area contributed by atoms with E-state index in [4.69, 9.17) is 5.73 Å². The number of aliphatic hydroxyl groups is 1. The smallest absolute Gasteiger partial charge is 0.0818 e. The number of benzene rings is 1. The molecule has 0 heterocycles. The van der Waals surface area contributed by atoms with Crippen LogP contribution in [0, 0.1) is 5.92 Å². The highest BCUT2D eigenvalue weighted by Crippen LogP contribution is 2.34. The van der Waals surface area contributed by atoms with Crippen molar-refractivity contribution in [3.05, 3.63) is 35.4 Å². The van der Waals surface area contributed by atoms with Crippen LogP contribution in [0.2, 0.25) is 0 Å². The van der Waals surface area contributed by atoms with E-state index in [1.807, 2.05) is 0 Å². The van der Waals surface area contributed by atoms with E-state index in [1.165, 1.54) is 24.8 Å². The Morgan fingerprint density at radius 2 is 1.74 bits per heavy atom. The first-order chi connectivity index (χ1) is 9.04. The Labute approximate surface area is 117 Å². The molecule has 1 aromatic rings. The molecule has 0 aliphatic heterocycles. The highest BCUT2D eigenvalue weighted by atomic mass is 16.3. The fraction of sp³-hybridized carbons (Fsp3) is 0.647. The molecule has 0 saturated heterocycles. The van der Waals surface area contributed by atoms with Crippen molar-refractivity contribution >= 4 is 0 Å². The van der Waals surface area contributed by atoms with E-state index in [-0.39, 0.29) is 11.5 Å². The van der Waals surface area contributed by atoms with Gasteiger partial charge in [0, 0.05) is 12.0 Å². The van der Waals surface area contributed by atoms with Gasteiger partial charge >= 0.3 is 0 Å². The second-order valence-electron chi connectivity index (χ2n) is 6.55. The van der Waals surface area contributed by atoms with Crippen molar-refractivity contribution in [2.24, 2.45) is 11.7 Å². The molecule has 106 valence electrons. The Hall–Kier alpha value is -0.860. The SMILES string of the molecule is CC(C)(CN)c1ccc(C(O)C2CCCCC2)cc1. The van der Waals surface area contributed by atoms with E-state index in [2.05, 4.69) is 38.1 Å². The number of hydrogen-bond donors (Lipinski definition) is 2. The molecule has 0 aromatic heterocycles. The minimum atomic E-state index is -0.296. The fourth-order valence-electron chi connectivity index (χ4n) is 2.97. The molecule has 2 nitrogen and oxygen atoms in total. The monoisotopic (exact) mass is 261 g/mol. The number of hydrogen-bond acceptors (Lipinski definition) is 2. The average molecular weight is 261 g/mol. The summed E-state index contributed by atoms with van der Waals surface area (Å²) in [6, 6.07) is 8.39. The van der Waals surface area contributed by atoms with Crippen LogP contribution in [-0.2, 0) is 5.41 Å². The summed E-state index contributed by atoms with van der Waals surface area (Å²) >= 11 is 0. The van der Waals surface area contributed by atoms with Crippen LogP contribution in [-0.4, -0.2) is 11.7 Å². The average Bonchev–Trinajstić information content (AvgIpc) is 2.47. The zero-order valence-corrected chi connectivity index (χ0v) is 12.2. The van der Waals surface area contributed by atoms with Gasteiger partial charge < -0.3 is 10.8 Å². The lowest BCUT2D eigenvalue weighted by Gasteiger charge is -2.28. The van der Waals surface area contributed by atoms with E-state index >= 15 is 0 Å². The number of aliphatic hydroxyl groups excluding tert-OH is 1. The third-order valence-corrected chi connectivity index (χ3v) is 4.64. The summed E-state index contributed by atoms with van der Waals surface area (Å²) in [4.78, 5) is 0. The predicted octanol–water partition coefficient (Wildman–Crippen LogP) is 3.54. The highest BCUT2D eigenvalue weighted by molar-refractivity contribution is 5.29. The summed E-state index contributed by atoms with van der Waals surface area (Å²) in [7, 11) is 0. The summed E-state index contributed by atoms with van der Waals surface area (Å²) in [6.07, 6.45) is 5.89. The van der Waals surface area contributed by atoms with Gasteiger partial charge in [0.1, 0.15) is 0 Å². The van der Waals surface area contributed by atoms with Crippen molar-refractivity contribution in [3.63, 3.8) is 0 Å². The van der Waals surface area contributed by atoms with Gasteiger partial charge in [0.2, 0.25) is 0 Å². The standard InChI is InChI=1S/C17H27NO/c1-17(2,12-18)15-10-8-14(9-11-15)16(19)13-6-4-3-5-7-13/h8-11,13,16,19H,3-7,12,18H2,1-2H3. The van der Waals surface area contributed by atoms with Gasteiger partial charge in [-0.3, -0.25) is 0 Å². The van der Waals surface area contributed by atoms with Gasteiger partial charge in [-0.25, -0.2) is 0 Å². The van der Waals surface area contributed by atoms with Crippen molar-refractivity contribution in [1.82, 2.24) is 0 Å². The maximum Gasteiger partial charge on any atom is 0.0818 e. The summed E-state index contributed by atoms with van der Waals surface area (Å²) < 4.78 is 0. The summed E-state index contributed by atoms with van der Waals surface area (Å²) in [5, 5.41) is 10.5. The Morgan fingerprint density at radius 1 is 1.16 bits per heavy atom. The normalized spacial score (nSPS) is 19.4. The van der Waals surface area contributed by atoms with Crippen LogP contribution < -0.4 is 5.73 Å². The van der Waals surface area contributed by atoms with Gasteiger partial charge in [-0.05, 0) is 29.9 Å². The molecule has 19 heavy (non-hydrogen) atoms. The van der Waals surface area contributed by atoms with Gasteiger partial charge in [0.15, 0.2) is 0 Å². The molecule has 3 N–H and O–H groups in total. The molecule has 0 bridgehead atoms. The molecule has 0 amide bonds. The van der Waals surface area contributed by atoms with E-state index in [9.17, 15) is 5.11 Å². The first-order valence-corrected chi connectivity index (χ1v) is 7.53.